The van der Waals surface area contributed by atoms with E-state index in [0.717, 1.165) is 6.42 Å². The zero-order valence-electron chi connectivity index (χ0n) is 5.33. The topological polar surface area (TPSA) is 40.5 Å². The molecule has 0 aromatic heterocycles. The quantitative estimate of drug-likeness (QED) is 0.539. The van der Waals surface area contributed by atoms with Gasteiger partial charge in [-0.1, -0.05) is 24.3 Å². The maximum Gasteiger partial charge on any atom is 0.0662 e. The highest BCUT2D eigenvalue weighted by atomic mass is 16.3. The fourth-order valence-electron chi connectivity index (χ4n) is 0.393. The van der Waals surface area contributed by atoms with Gasteiger partial charge in [0.05, 0.1) is 13.2 Å². The van der Waals surface area contributed by atoms with Crippen molar-refractivity contribution in [3.63, 3.8) is 0 Å². The summed E-state index contributed by atoms with van der Waals surface area (Å²) in [7, 11) is 0. The Balaban J connectivity index is 0.000000148. The lowest BCUT2D eigenvalue weighted by Gasteiger charge is -1.70. The Bertz CT molecular complexity index is 83.1. The third-order valence-corrected chi connectivity index (χ3v) is 0.755. The Hall–Kier alpha value is -0.600. The summed E-state index contributed by atoms with van der Waals surface area (Å²) in [6.07, 6.45) is 9.50. The second-order valence-corrected chi connectivity index (χ2v) is 1.54. The van der Waals surface area contributed by atoms with Crippen LogP contribution >= 0.6 is 0 Å². The molecule has 1 aliphatic rings. The monoisotopic (exact) mass is 128 g/mol. The minimum atomic E-state index is -0.125. The van der Waals surface area contributed by atoms with Crippen LogP contribution in [0.2, 0.25) is 0 Å². The van der Waals surface area contributed by atoms with Crippen LogP contribution in [0.1, 0.15) is 6.42 Å². The molecule has 52 valence electrons. The van der Waals surface area contributed by atoms with Gasteiger partial charge >= 0.3 is 0 Å². The van der Waals surface area contributed by atoms with E-state index in [4.69, 9.17) is 10.2 Å². The molecule has 2 nitrogen and oxygen atoms in total. The molecule has 0 bridgehead atoms. The fraction of sp³-hybridized carbons (Fsp3) is 0.429. The van der Waals surface area contributed by atoms with Crippen LogP contribution in [-0.2, 0) is 0 Å². The van der Waals surface area contributed by atoms with Crippen LogP contribution in [0.3, 0.4) is 0 Å². The number of rotatable bonds is 1. The Kier molecular flexibility index (Phi) is 6.91. The van der Waals surface area contributed by atoms with Crippen molar-refractivity contribution in [2.75, 3.05) is 13.2 Å². The first kappa shape index (κ1) is 8.40. The molecule has 0 heterocycles. The van der Waals surface area contributed by atoms with Gasteiger partial charge in [0.2, 0.25) is 0 Å². The van der Waals surface area contributed by atoms with E-state index in [-0.39, 0.29) is 13.2 Å². The van der Waals surface area contributed by atoms with Gasteiger partial charge in [0.1, 0.15) is 0 Å². The van der Waals surface area contributed by atoms with Crippen molar-refractivity contribution in [1.29, 1.82) is 0 Å². The summed E-state index contributed by atoms with van der Waals surface area (Å²) in [5.41, 5.74) is 0. The average molecular weight is 128 g/mol. The van der Waals surface area contributed by atoms with Gasteiger partial charge in [0.15, 0.2) is 0 Å². The van der Waals surface area contributed by atoms with Crippen molar-refractivity contribution in [2.45, 2.75) is 6.42 Å². The minimum Gasteiger partial charge on any atom is -0.394 e. The molecular weight excluding hydrogens is 116 g/mol. The molecular formula is C7H12O2. The number of allylic oxidation sites excluding steroid dienone is 4. The Morgan fingerprint density at radius 2 is 1.44 bits per heavy atom. The highest BCUT2D eigenvalue weighted by Crippen LogP contribution is 1.93. The number of aliphatic hydroxyl groups is 2. The molecule has 0 fully saturated rings. The zero-order valence-corrected chi connectivity index (χ0v) is 5.33. The van der Waals surface area contributed by atoms with Crippen LogP contribution in [0.15, 0.2) is 24.3 Å². The normalized spacial score (nSPS) is 13.1. The third kappa shape index (κ3) is 7.40. The molecule has 0 saturated carbocycles. The van der Waals surface area contributed by atoms with E-state index in [1.54, 1.807) is 0 Å². The summed E-state index contributed by atoms with van der Waals surface area (Å²) >= 11 is 0. The van der Waals surface area contributed by atoms with E-state index in [0.29, 0.717) is 0 Å². The maximum absolute atomic E-state index is 7.62. The molecule has 2 heteroatoms. The highest BCUT2D eigenvalue weighted by molar-refractivity contribution is 5.11. The van der Waals surface area contributed by atoms with Gasteiger partial charge in [-0.3, -0.25) is 0 Å². The third-order valence-electron chi connectivity index (χ3n) is 0.755. The molecule has 0 saturated heterocycles. The number of hydrogen-bond donors (Lipinski definition) is 2. The van der Waals surface area contributed by atoms with E-state index in [2.05, 4.69) is 24.3 Å². The zero-order chi connectivity index (χ0) is 6.95. The van der Waals surface area contributed by atoms with E-state index in [1.165, 1.54) is 0 Å². The summed E-state index contributed by atoms with van der Waals surface area (Å²) in [5.74, 6) is 0. The van der Waals surface area contributed by atoms with Gasteiger partial charge in [-0.2, -0.15) is 0 Å². The Labute approximate surface area is 55.1 Å². The van der Waals surface area contributed by atoms with Crippen LogP contribution in [0.4, 0.5) is 0 Å². The summed E-state index contributed by atoms with van der Waals surface area (Å²) in [4.78, 5) is 0. The van der Waals surface area contributed by atoms with E-state index < -0.39 is 0 Å². The largest absolute Gasteiger partial charge is 0.394 e. The lowest BCUT2D eigenvalue weighted by Crippen LogP contribution is -1.85. The average Bonchev–Trinajstić information content (AvgIpc) is 2.43. The molecule has 2 N–H and O–H groups in total. The first-order valence-electron chi connectivity index (χ1n) is 2.95. The molecule has 9 heavy (non-hydrogen) atoms. The van der Waals surface area contributed by atoms with E-state index in [9.17, 15) is 0 Å². The molecule has 0 aliphatic heterocycles. The summed E-state index contributed by atoms with van der Waals surface area (Å²) < 4.78 is 0. The van der Waals surface area contributed by atoms with Gasteiger partial charge in [-0.25, -0.2) is 0 Å². The van der Waals surface area contributed by atoms with Gasteiger partial charge in [0.25, 0.3) is 0 Å². The standard InChI is InChI=1S/C5H6.C2H6O2/c1-2-4-5-3-1;3-1-2-4/h1-4H,5H2;3-4H,1-2H2. The molecule has 0 spiro atoms. The van der Waals surface area contributed by atoms with Crippen molar-refractivity contribution in [2.24, 2.45) is 0 Å². The SMILES string of the molecule is C1=CCC=C1.OCCO. The van der Waals surface area contributed by atoms with Gasteiger partial charge in [-0.15, -0.1) is 0 Å². The smallest absolute Gasteiger partial charge is 0.0662 e. The molecule has 0 aromatic rings. The van der Waals surface area contributed by atoms with Crippen molar-refractivity contribution in [1.82, 2.24) is 0 Å². The fourth-order valence-corrected chi connectivity index (χ4v) is 0.393. The second kappa shape index (κ2) is 7.40. The predicted octanol–water partition coefficient (Wildman–Crippen LogP) is 0.473. The van der Waals surface area contributed by atoms with Gasteiger partial charge in [0, 0.05) is 0 Å². The minimum absolute atomic E-state index is 0.125. The van der Waals surface area contributed by atoms with E-state index >= 15 is 0 Å². The second-order valence-electron chi connectivity index (χ2n) is 1.54. The molecule has 0 amide bonds. The molecule has 1 aliphatic carbocycles. The summed E-state index contributed by atoms with van der Waals surface area (Å²) in [6, 6.07) is 0. The highest BCUT2D eigenvalue weighted by Gasteiger charge is 1.72. The van der Waals surface area contributed by atoms with Crippen LogP contribution < -0.4 is 0 Å². The molecule has 1 rings (SSSR count). The van der Waals surface area contributed by atoms with Gasteiger partial charge < -0.3 is 10.2 Å². The first-order chi connectivity index (χ1) is 4.41. The van der Waals surface area contributed by atoms with E-state index in [1.807, 2.05) is 0 Å². The first-order valence-corrected chi connectivity index (χ1v) is 2.95. The number of aliphatic hydroxyl groups excluding tert-OH is 2. The van der Waals surface area contributed by atoms with Crippen LogP contribution in [-0.4, -0.2) is 23.4 Å². The maximum atomic E-state index is 7.62. The van der Waals surface area contributed by atoms with Crippen LogP contribution in [0.25, 0.3) is 0 Å². The molecule has 0 radical (unpaired) electrons. The van der Waals surface area contributed by atoms with Crippen LogP contribution in [0, 0.1) is 0 Å². The molecule has 0 unspecified atom stereocenters. The van der Waals surface area contributed by atoms with Crippen molar-refractivity contribution >= 4 is 0 Å². The molecule has 0 atom stereocenters. The Morgan fingerprint density at radius 1 is 1.00 bits per heavy atom. The lowest BCUT2D eigenvalue weighted by atomic mass is 10.5. The van der Waals surface area contributed by atoms with Crippen molar-refractivity contribution in [3.05, 3.63) is 24.3 Å². The molecule has 0 aromatic carbocycles. The van der Waals surface area contributed by atoms with Crippen molar-refractivity contribution < 1.29 is 10.2 Å². The van der Waals surface area contributed by atoms with Crippen LogP contribution in [0.5, 0.6) is 0 Å². The van der Waals surface area contributed by atoms with Gasteiger partial charge in [-0.05, 0) is 6.42 Å². The lowest BCUT2D eigenvalue weighted by molar-refractivity contribution is 0.186. The Morgan fingerprint density at radius 3 is 1.56 bits per heavy atom. The summed E-state index contributed by atoms with van der Waals surface area (Å²) in [6.45, 7) is -0.250. The summed E-state index contributed by atoms with van der Waals surface area (Å²) in [5, 5.41) is 15.2. The predicted molar refractivity (Wildman–Crippen MR) is 37.1 cm³/mol. The number of hydrogen-bond acceptors (Lipinski definition) is 2. The van der Waals surface area contributed by atoms with Crippen molar-refractivity contribution in [3.8, 4) is 0 Å².